The van der Waals surface area contributed by atoms with E-state index in [0.29, 0.717) is 0 Å². The highest BCUT2D eigenvalue weighted by Crippen LogP contribution is 2.32. The fourth-order valence-electron chi connectivity index (χ4n) is 5.18. The molecule has 12 nitrogen and oxygen atoms in total. The van der Waals surface area contributed by atoms with Crippen LogP contribution in [0, 0.1) is 0 Å². The van der Waals surface area contributed by atoms with Gasteiger partial charge in [-0.2, -0.15) is 0 Å². The molecule has 0 radical (unpaired) electrons. The molecule has 5 atom stereocenters. The van der Waals surface area contributed by atoms with Gasteiger partial charge in [0.05, 0.1) is 36.0 Å². The van der Waals surface area contributed by atoms with Gasteiger partial charge in [0.25, 0.3) is 0 Å². The quantitative estimate of drug-likeness (QED) is 0.0967. The number of methoxy groups -OCH3 is 1. The Balaban J connectivity index is 1.53. The van der Waals surface area contributed by atoms with E-state index in [1.165, 1.54) is 43.5 Å². The fourth-order valence-corrected chi connectivity index (χ4v) is 5.18. The molecule has 0 spiro atoms. The maximum atomic E-state index is 13.6. The smallest absolute Gasteiger partial charge is 0.338 e. The summed E-state index contributed by atoms with van der Waals surface area (Å²) in [6.07, 6.45) is -7.08. The number of rotatable bonds is 14. The molecule has 1 heterocycles. The molecular weight excluding hydrogens is 660 g/mol. The van der Waals surface area contributed by atoms with Crippen molar-refractivity contribution in [1.82, 2.24) is 0 Å². The van der Waals surface area contributed by atoms with E-state index in [1.807, 2.05) is 0 Å². The van der Waals surface area contributed by atoms with E-state index in [9.17, 15) is 24.0 Å². The second kappa shape index (κ2) is 18.2. The Morgan fingerprint density at radius 2 is 0.961 bits per heavy atom. The Kier molecular flexibility index (Phi) is 13.0. The van der Waals surface area contributed by atoms with Crippen LogP contribution >= 0.6 is 0 Å². The Morgan fingerprint density at radius 3 is 1.41 bits per heavy atom. The molecule has 51 heavy (non-hydrogen) atoms. The first-order chi connectivity index (χ1) is 24.8. The number of carbonyl (C=O) groups excluding carboxylic acids is 5. The minimum Gasteiger partial charge on any atom is -0.469 e. The third-order valence-corrected chi connectivity index (χ3v) is 7.77. The lowest BCUT2D eigenvalue weighted by Gasteiger charge is -2.44. The van der Waals surface area contributed by atoms with Gasteiger partial charge in [-0.25, -0.2) is 19.2 Å². The molecule has 4 aromatic rings. The van der Waals surface area contributed by atoms with Crippen LogP contribution in [0.5, 0.6) is 0 Å². The van der Waals surface area contributed by atoms with Crippen molar-refractivity contribution < 1.29 is 57.1 Å². The first-order valence-electron chi connectivity index (χ1n) is 16.2. The second-order valence-electron chi connectivity index (χ2n) is 11.3. The maximum Gasteiger partial charge on any atom is 0.338 e. The van der Waals surface area contributed by atoms with Gasteiger partial charge in [0.2, 0.25) is 0 Å². The zero-order chi connectivity index (χ0) is 36.0. The molecule has 5 rings (SSSR count). The normalized spacial score (nSPS) is 19.6. The highest BCUT2D eigenvalue weighted by molar-refractivity contribution is 5.91. The third kappa shape index (κ3) is 10.1. The predicted molar refractivity (Wildman–Crippen MR) is 180 cm³/mol. The summed E-state index contributed by atoms with van der Waals surface area (Å²) < 4.78 is 40.5. The molecule has 0 amide bonds. The lowest BCUT2D eigenvalue weighted by molar-refractivity contribution is -0.298. The van der Waals surface area contributed by atoms with Crippen molar-refractivity contribution in [1.29, 1.82) is 0 Å². The minimum atomic E-state index is -1.54. The summed E-state index contributed by atoms with van der Waals surface area (Å²) >= 11 is 0. The average molecular weight is 697 g/mol. The van der Waals surface area contributed by atoms with Crippen molar-refractivity contribution >= 4 is 29.8 Å². The van der Waals surface area contributed by atoms with E-state index in [4.69, 9.17) is 33.2 Å². The van der Waals surface area contributed by atoms with Crippen molar-refractivity contribution in [3.63, 3.8) is 0 Å². The number of ether oxygens (including phenoxy) is 7. The largest absolute Gasteiger partial charge is 0.469 e. The molecule has 1 aliphatic heterocycles. The monoisotopic (exact) mass is 696 g/mol. The summed E-state index contributed by atoms with van der Waals surface area (Å²) in [5.74, 6) is -3.61. The number of benzene rings is 4. The number of hydrogen-bond acceptors (Lipinski definition) is 12. The van der Waals surface area contributed by atoms with Gasteiger partial charge in [-0.3, -0.25) is 4.79 Å². The topological polar surface area (TPSA) is 150 Å². The summed E-state index contributed by atoms with van der Waals surface area (Å²) in [5, 5.41) is 0. The Morgan fingerprint density at radius 1 is 0.549 bits per heavy atom. The van der Waals surface area contributed by atoms with Crippen LogP contribution in [0.1, 0.15) is 54.3 Å². The summed E-state index contributed by atoms with van der Waals surface area (Å²) in [6.45, 7) is -0.565. The van der Waals surface area contributed by atoms with Crippen LogP contribution in [0.25, 0.3) is 0 Å². The Labute approximate surface area is 294 Å². The zero-order valence-corrected chi connectivity index (χ0v) is 27.7. The van der Waals surface area contributed by atoms with E-state index in [0.717, 1.165) is 0 Å². The molecular formula is C39H36O12. The predicted octanol–water partition coefficient (Wildman–Crippen LogP) is 5.21. The third-order valence-electron chi connectivity index (χ3n) is 7.77. The molecule has 1 saturated heterocycles. The van der Waals surface area contributed by atoms with Gasteiger partial charge in [-0.05, 0) is 55.0 Å². The maximum absolute atomic E-state index is 13.6. The minimum absolute atomic E-state index is 0.0134. The van der Waals surface area contributed by atoms with Crippen LogP contribution in [0.3, 0.4) is 0 Å². The van der Waals surface area contributed by atoms with E-state index < -0.39 is 67.2 Å². The van der Waals surface area contributed by atoms with Crippen molar-refractivity contribution in [3.8, 4) is 0 Å². The fraction of sp³-hybridized carbons (Fsp3) is 0.256. The summed E-state index contributed by atoms with van der Waals surface area (Å²) in [5.41, 5.74) is 0.757. The SMILES string of the molecule is COC(=O)CCCO[C@H]1O[C@H](COC(=O)c2ccccc2)[C@@H](OC(=O)c2ccccc2)[C@H](OC(=O)c2ccccc2)[C@@H]1OC(=O)c1ccccc1. The van der Waals surface area contributed by atoms with Gasteiger partial charge in [-0.15, -0.1) is 0 Å². The van der Waals surface area contributed by atoms with Gasteiger partial charge in [0.1, 0.15) is 12.7 Å². The van der Waals surface area contributed by atoms with Crippen LogP contribution in [0.4, 0.5) is 0 Å². The van der Waals surface area contributed by atoms with Crippen molar-refractivity contribution in [2.75, 3.05) is 20.3 Å². The Bertz CT molecular complexity index is 1750. The molecule has 1 aliphatic rings. The number of esters is 5. The van der Waals surface area contributed by atoms with Gasteiger partial charge >= 0.3 is 29.8 Å². The molecule has 0 N–H and O–H groups in total. The van der Waals surface area contributed by atoms with E-state index in [2.05, 4.69) is 0 Å². The molecule has 12 heteroatoms. The van der Waals surface area contributed by atoms with Gasteiger partial charge in [0.15, 0.2) is 24.6 Å². The summed E-state index contributed by atoms with van der Waals surface area (Å²) in [7, 11) is 1.26. The molecule has 264 valence electrons. The van der Waals surface area contributed by atoms with Crippen LogP contribution in [-0.2, 0) is 38.0 Å². The molecule has 0 bridgehead atoms. The van der Waals surface area contributed by atoms with Crippen LogP contribution in [0.15, 0.2) is 121 Å². The average Bonchev–Trinajstić information content (AvgIpc) is 3.18. The standard InChI is InChI=1S/C39H36O12/c1-45-31(40)23-14-24-46-39-34(51-38(44)29-21-12-5-13-22-29)33(50-37(43)28-19-10-4-11-20-28)32(49-36(42)27-17-8-3-9-18-27)30(48-39)25-47-35(41)26-15-6-2-7-16-26/h2-13,15-22,30,32-34,39H,14,23-25H2,1H3/t30-,32-,33+,34+,39+/m1/s1. The number of carbonyl (C=O) groups is 5. The molecule has 1 fully saturated rings. The van der Waals surface area contributed by atoms with Crippen molar-refractivity contribution in [2.45, 2.75) is 43.5 Å². The summed E-state index contributed by atoms with van der Waals surface area (Å²) in [6, 6.07) is 32.4. The van der Waals surface area contributed by atoms with Gasteiger partial charge < -0.3 is 33.2 Å². The molecule has 0 unspecified atom stereocenters. The van der Waals surface area contributed by atoms with Crippen LogP contribution in [0.2, 0.25) is 0 Å². The second-order valence-corrected chi connectivity index (χ2v) is 11.3. The molecule has 0 aromatic heterocycles. The highest BCUT2D eigenvalue weighted by atomic mass is 16.7. The molecule has 0 aliphatic carbocycles. The van der Waals surface area contributed by atoms with Crippen molar-refractivity contribution in [2.24, 2.45) is 0 Å². The lowest BCUT2D eigenvalue weighted by Crippen LogP contribution is -2.63. The van der Waals surface area contributed by atoms with Crippen molar-refractivity contribution in [3.05, 3.63) is 144 Å². The van der Waals surface area contributed by atoms with E-state index in [1.54, 1.807) is 84.9 Å². The lowest BCUT2D eigenvalue weighted by atomic mass is 9.97. The van der Waals surface area contributed by atoms with E-state index >= 15 is 0 Å². The first-order valence-corrected chi connectivity index (χ1v) is 16.2. The van der Waals surface area contributed by atoms with Crippen LogP contribution in [-0.4, -0.2) is 80.9 Å². The van der Waals surface area contributed by atoms with E-state index in [-0.39, 0.29) is 41.7 Å². The Hall–Kier alpha value is -5.85. The van der Waals surface area contributed by atoms with Gasteiger partial charge in [0, 0.05) is 6.42 Å². The number of hydrogen-bond donors (Lipinski definition) is 0. The first kappa shape index (κ1) is 36.4. The van der Waals surface area contributed by atoms with Gasteiger partial charge in [-0.1, -0.05) is 72.8 Å². The molecule has 4 aromatic carbocycles. The molecule has 0 saturated carbocycles. The highest BCUT2D eigenvalue weighted by Gasteiger charge is 2.53. The zero-order valence-electron chi connectivity index (χ0n) is 27.7. The van der Waals surface area contributed by atoms with Crippen LogP contribution < -0.4 is 0 Å². The summed E-state index contributed by atoms with van der Waals surface area (Å²) in [4.78, 5) is 65.5.